The molecule has 0 amide bonds. The van der Waals surface area contributed by atoms with Gasteiger partial charge in [-0.25, -0.2) is 0 Å². The minimum Gasteiger partial charge on any atom is -0.497 e. The van der Waals surface area contributed by atoms with E-state index in [4.69, 9.17) is 4.74 Å². The first-order valence-corrected chi connectivity index (χ1v) is 5.41. The van der Waals surface area contributed by atoms with Crippen molar-refractivity contribution in [3.8, 4) is 5.75 Å². The average molecular weight is 247 g/mol. The minimum absolute atomic E-state index is 0.174. The smallest absolute Gasteiger partial charge is 0.323 e. The van der Waals surface area contributed by atoms with E-state index in [0.29, 0.717) is 5.70 Å². The standard InChI is InChI=1S/C13H13NO4/c1-8(12-11(15)7-18-13(12)16)14-9-3-5-10(17-2)6-4-9/h3-6,12,14H,1,7H2,2H3/t12-/m0/s1. The summed E-state index contributed by atoms with van der Waals surface area (Å²) in [5, 5.41) is 2.92. The molecule has 1 aromatic rings. The molecule has 2 rings (SSSR count). The molecule has 1 N–H and O–H groups in total. The maximum atomic E-state index is 11.5. The van der Waals surface area contributed by atoms with Crippen molar-refractivity contribution in [2.75, 3.05) is 19.0 Å². The molecule has 0 spiro atoms. The molecule has 1 saturated heterocycles. The van der Waals surface area contributed by atoms with Crippen molar-refractivity contribution in [2.24, 2.45) is 5.92 Å². The number of hydrogen-bond acceptors (Lipinski definition) is 5. The predicted octanol–water partition coefficient (Wildman–Crippen LogP) is 1.36. The second kappa shape index (κ2) is 4.91. The quantitative estimate of drug-likeness (QED) is 0.643. The van der Waals surface area contributed by atoms with Crippen molar-refractivity contribution in [3.63, 3.8) is 0 Å². The molecule has 0 radical (unpaired) electrons. The van der Waals surface area contributed by atoms with Gasteiger partial charge in [0.15, 0.2) is 18.3 Å². The molecule has 1 heterocycles. The molecule has 1 aromatic carbocycles. The topological polar surface area (TPSA) is 64.6 Å². The van der Waals surface area contributed by atoms with Crippen molar-refractivity contribution in [2.45, 2.75) is 0 Å². The van der Waals surface area contributed by atoms with E-state index in [1.165, 1.54) is 0 Å². The van der Waals surface area contributed by atoms with Gasteiger partial charge in [0.1, 0.15) is 5.75 Å². The Kier molecular flexibility index (Phi) is 3.32. The second-order valence-electron chi connectivity index (χ2n) is 3.89. The zero-order chi connectivity index (χ0) is 13.1. The van der Waals surface area contributed by atoms with Gasteiger partial charge in [0.2, 0.25) is 0 Å². The number of anilines is 1. The van der Waals surface area contributed by atoms with Gasteiger partial charge < -0.3 is 14.8 Å². The van der Waals surface area contributed by atoms with Crippen molar-refractivity contribution in [1.29, 1.82) is 0 Å². The summed E-state index contributed by atoms with van der Waals surface area (Å²) in [4.78, 5) is 22.8. The normalized spacial score (nSPS) is 18.4. The Morgan fingerprint density at radius 2 is 2.06 bits per heavy atom. The lowest BCUT2D eigenvalue weighted by Crippen LogP contribution is -2.21. The molecule has 0 aliphatic carbocycles. The van der Waals surface area contributed by atoms with Gasteiger partial charge in [-0.3, -0.25) is 9.59 Å². The summed E-state index contributed by atoms with van der Waals surface area (Å²) in [6, 6.07) is 7.08. The van der Waals surface area contributed by atoms with Gasteiger partial charge in [-0.2, -0.15) is 0 Å². The number of nitrogens with one attached hydrogen (secondary N) is 1. The summed E-state index contributed by atoms with van der Waals surface area (Å²) >= 11 is 0. The highest BCUT2D eigenvalue weighted by atomic mass is 16.5. The van der Waals surface area contributed by atoms with E-state index in [-0.39, 0.29) is 12.4 Å². The Labute approximate surface area is 104 Å². The van der Waals surface area contributed by atoms with Crippen LogP contribution in [0.4, 0.5) is 5.69 Å². The first-order valence-electron chi connectivity index (χ1n) is 5.41. The lowest BCUT2D eigenvalue weighted by molar-refractivity contribution is -0.140. The SMILES string of the molecule is C=C(Nc1ccc(OC)cc1)[C@H]1C(=O)COC1=O. The number of hydrogen-bond donors (Lipinski definition) is 1. The summed E-state index contributed by atoms with van der Waals surface area (Å²) in [5.41, 5.74) is 1.06. The molecule has 18 heavy (non-hydrogen) atoms. The Morgan fingerprint density at radius 1 is 1.39 bits per heavy atom. The van der Waals surface area contributed by atoms with E-state index in [2.05, 4.69) is 16.6 Å². The van der Waals surface area contributed by atoms with Crippen LogP contribution < -0.4 is 10.1 Å². The van der Waals surface area contributed by atoms with Crippen molar-refractivity contribution in [3.05, 3.63) is 36.5 Å². The molecule has 0 unspecified atom stereocenters. The van der Waals surface area contributed by atoms with Crippen LogP contribution in [0.5, 0.6) is 5.75 Å². The Hall–Kier alpha value is -2.30. The van der Waals surface area contributed by atoms with E-state index in [9.17, 15) is 9.59 Å². The minimum atomic E-state index is -0.910. The second-order valence-corrected chi connectivity index (χ2v) is 3.89. The molecule has 0 bridgehead atoms. The molecule has 94 valence electrons. The number of rotatable bonds is 4. The lowest BCUT2D eigenvalue weighted by atomic mass is 10.0. The number of ether oxygens (including phenoxy) is 2. The van der Waals surface area contributed by atoms with Crippen LogP contribution in [0, 0.1) is 5.92 Å². The Morgan fingerprint density at radius 3 is 2.56 bits per heavy atom. The van der Waals surface area contributed by atoms with Gasteiger partial charge in [-0.1, -0.05) is 6.58 Å². The van der Waals surface area contributed by atoms with E-state index in [0.717, 1.165) is 11.4 Å². The van der Waals surface area contributed by atoms with Crippen molar-refractivity contribution < 1.29 is 19.1 Å². The fraction of sp³-hybridized carbons (Fsp3) is 0.231. The molecule has 5 nitrogen and oxygen atoms in total. The molecule has 1 fully saturated rings. The summed E-state index contributed by atoms with van der Waals surface area (Å²) < 4.78 is 9.69. The van der Waals surface area contributed by atoms with Crippen LogP contribution in [0.3, 0.4) is 0 Å². The largest absolute Gasteiger partial charge is 0.497 e. The van der Waals surface area contributed by atoms with Gasteiger partial charge in [0.25, 0.3) is 0 Å². The van der Waals surface area contributed by atoms with Crippen molar-refractivity contribution in [1.82, 2.24) is 0 Å². The number of carbonyl (C=O) groups is 2. The highest BCUT2D eigenvalue weighted by Gasteiger charge is 2.37. The maximum absolute atomic E-state index is 11.5. The van der Waals surface area contributed by atoms with Gasteiger partial charge in [-0.05, 0) is 24.3 Å². The van der Waals surface area contributed by atoms with Crippen LogP contribution in [0.25, 0.3) is 0 Å². The maximum Gasteiger partial charge on any atom is 0.323 e. The predicted molar refractivity (Wildman–Crippen MR) is 65.2 cm³/mol. The number of Topliss-reactive ketones (excluding diaryl/α,β-unsaturated/α-hetero) is 1. The van der Waals surface area contributed by atoms with Gasteiger partial charge in [-0.15, -0.1) is 0 Å². The molecule has 1 aliphatic heterocycles. The van der Waals surface area contributed by atoms with E-state index in [1.54, 1.807) is 31.4 Å². The lowest BCUT2D eigenvalue weighted by Gasteiger charge is -2.12. The summed E-state index contributed by atoms with van der Waals surface area (Å²) in [6.45, 7) is 3.54. The molecule has 1 aliphatic rings. The third-order valence-corrected chi connectivity index (χ3v) is 2.66. The summed E-state index contributed by atoms with van der Waals surface area (Å²) in [6.07, 6.45) is 0. The van der Waals surface area contributed by atoms with Crippen LogP contribution in [0.2, 0.25) is 0 Å². The fourth-order valence-electron chi connectivity index (χ4n) is 1.71. The first kappa shape index (κ1) is 12.2. The number of cyclic esters (lactones) is 1. The fourth-order valence-corrected chi connectivity index (χ4v) is 1.71. The molecule has 1 atom stereocenters. The molecule has 0 saturated carbocycles. The zero-order valence-electron chi connectivity index (χ0n) is 9.93. The van der Waals surface area contributed by atoms with Gasteiger partial charge in [0, 0.05) is 11.4 Å². The van der Waals surface area contributed by atoms with E-state index < -0.39 is 11.9 Å². The highest BCUT2D eigenvalue weighted by molar-refractivity contribution is 6.07. The third kappa shape index (κ3) is 2.34. The monoisotopic (exact) mass is 247 g/mol. The average Bonchev–Trinajstić information content (AvgIpc) is 2.70. The van der Waals surface area contributed by atoms with Crippen LogP contribution in [-0.2, 0) is 14.3 Å². The molecular weight excluding hydrogens is 234 g/mol. The van der Waals surface area contributed by atoms with Crippen LogP contribution in [0.1, 0.15) is 0 Å². The Balaban J connectivity index is 2.06. The first-order chi connectivity index (χ1) is 8.61. The molecular formula is C13H13NO4. The molecule has 5 heteroatoms. The van der Waals surface area contributed by atoms with Crippen molar-refractivity contribution >= 4 is 17.4 Å². The number of ketones is 1. The zero-order valence-corrected chi connectivity index (χ0v) is 9.93. The third-order valence-electron chi connectivity index (χ3n) is 2.66. The Bertz CT molecular complexity index is 476. The van der Waals surface area contributed by atoms with E-state index >= 15 is 0 Å². The van der Waals surface area contributed by atoms with E-state index in [1.807, 2.05) is 0 Å². The number of esters is 1. The molecule has 0 aromatic heterocycles. The van der Waals surface area contributed by atoms with Gasteiger partial charge in [0.05, 0.1) is 7.11 Å². The van der Waals surface area contributed by atoms with Gasteiger partial charge >= 0.3 is 5.97 Å². The number of benzene rings is 1. The number of methoxy groups -OCH3 is 1. The highest BCUT2D eigenvalue weighted by Crippen LogP contribution is 2.22. The van der Waals surface area contributed by atoms with Crippen LogP contribution >= 0.6 is 0 Å². The number of carbonyl (C=O) groups excluding carboxylic acids is 2. The van der Waals surface area contributed by atoms with Crippen LogP contribution in [0.15, 0.2) is 36.5 Å². The summed E-state index contributed by atoms with van der Waals surface area (Å²) in [5.74, 6) is -1.01. The van der Waals surface area contributed by atoms with Crippen LogP contribution in [-0.4, -0.2) is 25.5 Å². The summed E-state index contributed by atoms with van der Waals surface area (Å²) in [7, 11) is 1.58.